The second-order valence-corrected chi connectivity index (χ2v) is 5.59. The SMILES string of the molecule is NCC1CCN(C2CN3CCC2CC3)C1. The van der Waals surface area contributed by atoms with Crippen molar-refractivity contribution in [2.45, 2.75) is 25.3 Å². The molecule has 4 fully saturated rings. The first-order valence-electron chi connectivity index (χ1n) is 6.53. The van der Waals surface area contributed by atoms with E-state index in [9.17, 15) is 0 Å². The van der Waals surface area contributed by atoms with E-state index in [2.05, 4.69) is 9.80 Å². The Morgan fingerprint density at radius 3 is 2.33 bits per heavy atom. The fourth-order valence-corrected chi connectivity index (χ4v) is 3.70. The Bertz CT molecular complexity index is 223. The van der Waals surface area contributed by atoms with Crippen molar-refractivity contribution < 1.29 is 0 Å². The van der Waals surface area contributed by atoms with Crippen LogP contribution in [0.1, 0.15) is 19.3 Å². The Labute approximate surface area is 92.6 Å². The van der Waals surface area contributed by atoms with Gasteiger partial charge in [0.05, 0.1) is 0 Å². The van der Waals surface area contributed by atoms with Crippen LogP contribution in [0.5, 0.6) is 0 Å². The third-order valence-corrected chi connectivity index (χ3v) is 4.74. The van der Waals surface area contributed by atoms with E-state index in [0.717, 1.165) is 24.4 Å². The van der Waals surface area contributed by atoms with E-state index in [1.54, 1.807) is 0 Å². The molecule has 2 N–H and O–H groups in total. The summed E-state index contributed by atoms with van der Waals surface area (Å²) in [6, 6.07) is 0.865. The molecule has 15 heavy (non-hydrogen) atoms. The maximum atomic E-state index is 5.76. The monoisotopic (exact) mass is 209 g/mol. The molecule has 4 aliphatic heterocycles. The Morgan fingerprint density at radius 2 is 1.80 bits per heavy atom. The molecule has 0 aromatic rings. The lowest BCUT2D eigenvalue weighted by molar-refractivity contribution is 0.0143. The van der Waals surface area contributed by atoms with Gasteiger partial charge in [-0.05, 0) is 57.3 Å². The average Bonchev–Trinajstić information content (AvgIpc) is 2.79. The zero-order chi connectivity index (χ0) is 10.3. The standard InChI is InChI=1S/C12H23N3/c13-7-10-1-6-15(8-10)12-9-14-4-2-11(12)3-5-14/h10-12H,1-9,13H2. The maximum absolute atomic E-state index is 5.76. The van der Waals surface area contributed by atoms with Crippen molar-refractivity contribution in [2.75, 3.05) is 39.3 Å². The lowest BCUT2D eigenvalue weighted by Gasteiger charge is -2.48. The summed E-state index contributed by atoms with van der Waals surface area (Å²) in [4.78, 5) is 5.38. The van der Waals surface area contributed by atoms with Gasteiger partial charge in [-0.1, -0.05) is 0 Å². The zero-order valence-corrected chi connectivity index (χ0v) is 9.57. The molecular formula is C12H23N3. The summed E-state index contributed by atoms with van der Waals surface area (Å²) < 4.78 is 0. The van der Waals surface area contributed by atoms with Crippen LogP contribution in [-0.2, 0) is 0 Å². The molecule has 3 heteroatoms. The highest BCUT2D eigenvalue weighted by Crippen LogP contribution is 2.33. The molecule has 4 saturated heterocycles. The summed E-state index contributed by atoms with van der Waals surface area (Å²) in [5.74, 6) is 1.77. The molecule has 0 aliphatic carbocycles. The minimum Gasteiger partial charge on any atom is -0.330 e. The molecule has 4 aliphatic rings. The van der Waals surface area contributed by atoms with Gasteiger partial charge in [-0.2, -0.15) is 0 Å². The van der Waals surface area contributed by atoms with Crippen molar-refractivity contribution >= 4 is 0 Å². The molecule has 0 aromatic heterocycles. The molecule has 0 amide bonds. The summed E-state index contributed by atoms with van der Waals surface area (Å²) in [5.41, 5.74) is 5.76. The first-order valence-corrected chi connectivity index (χ1v) is 6.53. The molecule has 4 rings (SSSR count). The summed E-state index contributed by atoms with van der Waals surface area (Å²) >= 11 is 0. The highest BCUT2D eigenvalue weighted by molar-refractivity contribution is 4.94. The van der Waals surface area contributed by atoms with Gasteiger partial charge in [-0.15, -0.1) is 0 Å². The Hall–Kier alpha value is -0.120. The van der Waals surface area contributed by atoms with Crippen LogP contribution in [0.2, 0.25) is 0 Å². The molecular weight excluding hydrogens is 186 g/mol. The Morgan fingerprint density at radius 1 is 1.00 bits per heavy atom. The minimum absolute atomic E-state index is 0.778. The molecule has 0 aromatic carbocycles. The topological polar surface area (TPSA) is 32.5 Å². The predicted octanol–water partition coefficient (Wildman–Crippen LogP) is 0.361. The van der Waals surface area contributed by atoms with Gasteiger partial charge in [-0.25, -0.2) is 0 Å². The Kier molecular flexibility index (Phi) is 2.71. The van der Waals surface area contributed by atoms with Crippen LogP contribution in [0, 0.1) is 11.8 Å². The van der Waals surface area contributed by atoms with Gasteiger partial charge in [0.1, 0.15) is 0 Å². The number of hydrogen-bond donors (Lipinski definition) is 1. The second kappa shape index (κ2) is 4.04. The molecule has 86 valence electrons. The van der Waals surface area contributed by atoms with Gasteiger partial charge in [0.25, 0.3) is 0 Å². The van der Waals surface area contributed by atoms with Crippen molar-refractivity contribution in [2.24, 2.45) is 17.6 Å². The summed E-state index contributed by atoms with van der Waals surface area (Å²) in [5, 5.41) is 0. The number of rotatable bonds is 2. The van der Waals surface area contributed by atoms with Crippen molar-refractivity contribution in [3.63, 3.8) is 0 Å². The van der Waals surface area contributed by atoms with Crippen molar-refractivity contribution in [3.05, 3.63) is 0 Å². The van der Waals surface area contributed by atoms with E-state index in [1.165, 1.54) is 52.0 Å². The van der Waals surface area contributed by atoms with Crippen LogP contribution >= 0.6 is 0 Å². The van der Waals surface area contributed by atoms with E-state index < -0.39 is 0 Å². The van der Waals surface area contributed by atoms with E-state index in [-0.39, 0.29) is 0 Å². The van der Waals surface area contributed by atoms with Gasteiger partial charge < -0.3 is 10.6 Å². The van der Waals surface area contributed by atoms with Crippen LogP contribution in [0.3, 0.4) is 0 Å². The highest BCUT2D eigenvalue weighted by Gasteiger charge is 2.39. The van der Waals surface area contributed by atoms with Crippen LogP contribution in [-0.4, -0.2) is 55.1 Å². The average molecular weight is 209 g/mol. The van der Waals surface area contributed by atoms with E-state index in [4.69, 9.17) is 5.73 Å². The van der Waals surface area contributed by atoms with Crippen LogP contribution in [0.15, 0.2) is 0 Å². The number of hydrogen-bond acceptors (Lipinski definition) is 3. The third-order valence-electron chi connectivity index (χ3n) is 4.74. The van der Waals surface area contributed by atoms with Gasteiger partial charge in [0.2, 0.25) is 0 Å². The fraction of sp³-hybridized carbons (Fsp3) is 1.00. The zero-order valence-electron chi connectivity index (χ0n) is 9.57. The number of nitrogens with zero attached hydrogens (tertiary/aromatic N) is 2. The first kappa shape index (κ1) is 10.1. The summed E-state index contributed by atoms with van der Waals surface area (Å²) in [6.45, 7) is 7.51. The van der Waals surface area contributed by atoms with Gasteiger partial charge >= 0.3 is 0 Å². The van der Waals surface area contributed by atoms with E-state index in [1.807, 2.05) is 0 Å². The smallest absolute Gasteiger partial charge is 0.0252 e. The first-order chi connectivity index (χ1) is 7.36. The molecule has 2 bridgehead atoms. The molecule has 4 heterocycles. The van der Waals surface area contributed by atoms with E-state index in [0.29, 0.717) is 0 Å². The molecule has 0 saturated carbocycles. The van der Waals surface area contributed by atoms with Crippen molar-refractivity contribution in [3.8, 4) is 0 Å². The molecule has 3 nitrogen and oxygen atoms in total. The Balaban J connectivity index is 1.63. The van der Waals surface area contributed by atoms with E-state index >= 15 is 0 Å². The summed E-state index contributed by atoms with van der Waals surface area (Å²) in [7, 11) is 0. The number of fused-ring (bicyclic) bond motifs is 3. The molecule has 0 spiro atoms. The lowest BCUT2D eigenvalue weighted by Crippen LogP contribution is -2.56. The van der Waals surface area contributed by atoms with Crippen molar-refractivity contribution in [1.29, 1.82) is 0 Å². The second-order valence-electron chi connectivity index (χ2n) is 5.59. The summed E-state index contributed by atoms with van der Waals surface area (Å²) in [6.07, 6.45) is 4.21. The van der Waals surface area contributed by atoms with Crippen molar-refractivity contribution in [1.82, 2.24) is 9.80 Å². The lowest BCUT2D eigenvalue weighted by atomic mass is 9.83. The fourth-order valence-electron chi connectivity index (χ4n) is 3.70. The number of likely N-dealkylation sites (tertiary alicyclic amines) is 1. The third kappa shape index (κ3) is 1.81. The highest BCUT2D eigenvalue weighted by atomic mass is 15.3. The van der Waals surface area contributed by atoms with Crippen LogP contribution < -0.4 is 5.73 Å². The molecule has 2 unspecified atom stereocenters. The van der Waals surface area contributed by atoms with Gasteiger partial charge in [-0.3, -0.25) is 4.90 Å². The number of nitrogens with two attached hydrogens (primary N) is 1. The van der Waals surface area contributed by atoms with Gasteiger partial charge in [0, 0.05) is 19.1 Å². The molecule has 2 atom stereocenters. The normalized spacial score (nSPS) is 46.2. The largest absolute Gasteiger partial charge is 0.330 e. The quantitative estimate of drug-likeness (QED) is 0.713. The minimum atomic E-state index is 0.778. The number of piperidine rings is 3. The van der Waals surface area contributed by atoms with Crippen LogP contribution in [0.4, 0.5) is 0 Å². The van der Waals surface area contributed by atoms with Gasteiger partial charge in [0.15, 0.2) is 0 Å². The maximum Gasteiger partial charge on any atom is 0.0252 e. The molecule has 0 radical (unpaired) electrons. The van der Waals surface area contributed by atoms with Crippen LogP contribution in [0.25, 0.3) is 0 Å². The predicted molar refractivity (Wildman–Crippen MR) is 61.7 cm³/mol.